The molecular formula is C15H24N2. The van der Waals surface area contributed by atoms with E-state index in [1.807, 2.05) is 0 Å². The van der Waals surface area contributed by atoms with Gasteiger partial charge in [-0.25, -0.2) is 0 Å². The molecule has 2 nitrogen and oxygen atoms in total. The van der Waals surface area contributed by atoms with Crippen LogP contribution in [0.3, 0.4) is 0 Å². The van der Waals surface area contributed by atoms with E-state index in [9.17, 15) is 0 Å². The van der Waals surface area contributed by atoms with Gasteiger partial charge in [0.25, 0.3) is 0 Å². The highest BCUT2D eigenvalue weighted by Crippen LogP contribution is 2.28. The minimum Gasteiger partial charge on any atom is -0.371 e. The molecule has 2 heteroatoms. The summed E-state index contributed by atoms with van der Waals surface area (Å²) >= 11 is 0. The Balaban J connectivity index is 2.15. The molecule has 1 aromatic carbocycles. The maximum absolute atomic E-state index is 6.08. The molecule has 0 spiro atoms. The van der Waals surface area contributed by atoms with Gasteiger partial charge in [-0.2, -0.15) is 0 Å². The van der Waals surface area contributed by atoms with Crippen LogP contribution >= 0.6 is 0 Å². The van der Waals surface area contributed by atoms with Gasteiger partial charge < -0.3 is 10.6 Å². The summed E-state index contributed by atoms with van der Waals surface area (Å²) in [5.74, 6) is 0. The fraction of sp³-hybridized carbons (Fsp3) is 0.600. The van der Waals surface area contributed by atoms with Gasteiger partial charge in [0, 0.05) is 24.8 Å². The van der Waals surface area contributed by atoms with Gasteiger partial charge in [-0.05, 0) is 51.2 Å². The van der Waals surface area contributed by atoms with Crippen molar-refractivity contribution in [2.45, 2.75) is 51.6 Å². The first kappa shape index (κ1) is 12.4. The smallest absolute Gasteiger partial charge is 0.0396 e. The molecule has 2 rings (SSSR count). The normalized spacial score (nSPS) is 24.7. The van der Waals surface area contributed by atoms with Crippen molar-refractivity contribution in [2.75, 3.05) is 11.9 Å². The minimum absolute atomic E-state index is 0.391. The van der Waals surface area contributed by atoms with Crippen molar-refractivity contribution in [2.24, 2.45) is 5.73 Å². The molecule has 0 radical (unpaired) electrons. The highest BCUT2D eigenvalue weighted by Gasteiger charge is 2.23. The molecule has 0 aliphatic heterocycles. The third-order valence-electron chi connectivity index (χ3n) is 3.97. The second kappa shape index (κ2) is 5.09. The topological polar surface area (TPSA) is 29.3 Å². The summed E-state index contributed by atoms with van der Waals surface area (Å²) in [5, 5.41) is 0. The highest BCUT2D eigenvalue weighted by molar-refractivity contribution is 5.54. The third kappa shape index (κ3) is 2.81. The lowest BCUT2D eigenvalue weighted by Crippen LogP contribution is -2.40. The van der Waals surface area contributed by atoms with Gasteiger partial charge >= 0.3 is 0 Å². The molecule has 0 amide bonds. The van der Waals surface area contributed by atoms with Crippen LogP contribution in [0.15, 0.2) is 18.2 Å². The Kier molecular flexibility index (Phi) is 3.72. The van der Waals surface area contributed by atoms with Crippen molar-refractivity contribution in [3.05, 3.63) is 29.3 Å². The Hall–Kier alpha value is -1.02. The zero-order valence-electron chi connectivity index (χ0n) is 11.2. The lowest BCUT2D eigenvalue weighted by molar-refractivity contribution is 0.382. The van der Waals surface area contributed by atoms with Crippen molar-refractivity contribution in [3.63, 3.8) is 0 Å². The van der Waals surface area contributed by atoms with Gasteiger partial charge in [0.1, 0.15) is 0 Å². The van der Waals surface area contributed by atoms with E-state index in [0.29, 0.717) is 12.1 Å². The molecule has 0 saturated heterocycles. The quantitative estimate of drug-likeness (QED) is 0.849. The van der Waals surface area contributed by atoms with Crippen LogP contribution in [0, 0.1) is 13.8 Å². The van der Waals surface area contributed by atoms with Crippen LogP contribution in [-0.2, 0) is 0 Å². The van der Waals surface area contributed by atoms with Gasteiger partial charge in [0.05, 0.1) is 0 Å². The lowest BCUT2D eigenvalue weighted by Gasteiger charge is -2.36. The van der Waals surface area contributed by atoms with E-state index in [1.165, 1.54) is 36.1 Å². The van der Waals surface area contributed by atoms with Gasteiger partial charge in [-0.3, -0.25) is 0 Å². The predicted molar refractivity (Wildman–Crippen MR) is 74.6 cm³/mol. The summed E-state index contributed by atoms with van der Waals surface area (Å²) in [7, 11) is 2.21. The number of rotatable bonds is 2. The van der Waals surface area contributed by atoms with Gasteiger partial charge in [-0.1, -0.05) is 17.7 Å². The second-order valence-electron chi connectivity index (χ2n) is 5.48. The molecule has 2 atom stereocenters. The van der Waals surface area contributed by atoms with Crippen molar-refractivity contribution < 1.29 is 0 Å². The zero-order chi connectivity index (χ0) is 12.4. The number of aryl methyl sites for hydroxylation is 2. The van der Waals surface area contributed by atoms with E-state index in [0.717, 1.165) is 6.42 Å². The average Bonchev–Trinajstić information content (AvgIpc) is 2.28. The SMILES string of the molecule is Cc1ccc(N(C)C2CCCC(N)C2)c(C)c1. The Morgan fingerprint density at radius 3 is 2.65 bits per heavy atom. The standard InChI is InChI=1S/C15H24N2/c1-11-7-8-15(12(2)9-11)17(3)14-6-4-5-13(16)10-14/h7-9,13-14H,4-6,10,16H2,1-3H3. The number of benzene rings is 1. The van der Waals surface area contributed by atoms with Crippen molar-refractivity contribution in [3.8, 4) is 0 Å². The van der Waals surface area contributed by atoms with Crippen LogP contribution in [0.4, 0.5) is 5.69 Å². The van der Waals surface area contributed by atoms with Crippen LogP contribution in [0.1, 0.15) is 36.8 Å². The molecule has 0 aromatic heterocycles. The number of nitrogens with two attached hydrogens (primary N) is 1. The van der Waals surface area contributed by atoms with E-state index >= 15 is 0 Å². The maximum atomic E-state index is 6.08. The number of hydrogen-bond donors (Lipinski definition) is 1. The molecule has 2 N–H and O–H groups in total. The largest absolute Gasteiger partial charge is 0.371 e. The number of anilines is 1. The van der Waals surface area contributed by atoms with Gasteiger partial charge in [-0.15, -0.1) is 0 Å². The first-order valence-corrected chi connectivity index (χ1v) is 6.63. The maximum Gasteiger partial charge on any atom is 0.0396 e. The fourth-order valence-electron chi connectivity index (χ4n) is 2.95. The summed E-state index contributed by atoms with van der Waals surface area (Å²) in [6, 6.07) is 7.70. The third-order valence-corrected chi connectivity index (χ3v) is 3.97. The van der Waals surface area contributed by atoms with E-state index in [-0.39, 0.29) is 0 Å². The van der Waals surface area contributed by atoms with E-state index < -0.39 is 0 Å². The van der Waals surface area contributed by atoms with E-state index in [1.54, 1.807) is 0 Å². The first-order valence-electron chi connectivity index (χ1n) is 6.63. The van der Waals surface area contributed by atoms with Crippen molar-refractivity contribution >= 4 is 5.69 Å². The number of hydrogen-bond acceptors (Lipinski definition) is 2. The number of nitrogens with zero attached hydrogens (tertiary/aromatic N) is 1. The molecular weight excluding hydrogens is 208 g/mol. The highest BCUT2D eigenvalue weighted by atomic mass is 15.1. The summed E-state index contributed by atoms with van der Waals surface area (Å²) in [5.41, 5.74) is 10.1. The Morgan fingerprint density at radius 2 is 2.00 bits per heavy atom. The molecule has 1 saturated carbocycles. The predicted octanol–water partition coefficient (Wildman–Crippen LogP) is 3.01. The summed E-state index contributed by atoms with van der Waals surface area (Å²) in [4.78, 5) is 2.42. The molecule has 1 aliphatic carbocycles. The van der Waals surface area contributed by atoms with E-state index in [4.69, 9.17) is 5.73 Å². The Labute approximate surface area is 105 Å². The average molecular weight is 232 g/mol. The molecule has 17 heavy (non-hydrogen) atoms. The monoisotopic (exact) mass is 232 g/mol. The van der Waals surface area contributed by atoms with Gasteiger partial charge in [0.2, 0.25) is 0 Å². The van der Waals surface area contributed by atoms with Crippen LogP contribution in [0.2, 0.25) is 0 Å². The summed E-state index contributed by atoms with van der Waals surface area (Å²) in [6.45, 7) is 4.34. The second-order valence-corrected chi connectivity index (χ2v) is 5.48. The summed E-state index contributed by atoms with van der Waals surface area (Å²) in [6.07, 6.45) is 4.86. The van der Waals surface area contributed by atoms with Crippen LogP contribution in [0.25, 0.3) is 0 Å². The van der Waals surface area contributed by atoms with Gasteiger partial charge in [0.15, 0.2) is 0 Å². The van der Waals surface area contributed by atoms with Crippen LogP contribution < -0.4 is 10.6 Å². The van der Waals surface area contributed by atoms with Crippen molar-refractivity contribution in [1.29, 1.82) is 0 Å². The summed E-state index contributed by atoms with van der Waals surface area (Å²) < 4.78 is 0. The zero-order valence-corrected chi connectivity index (χ0v) is 11.2. The molecule has 0 bridgehead atoms. The van der Waals surface area contributed by atoms with E-state index in [2.05, 4.69) is 44.0 Å². The van der Waals surface area contributed by atoms with Crippen LogP contribution in [0.5, 0.6) is 0 Å². The molecule has 1 aromatic rings. The fourth-order valence-corrected chi connectivity index (χ4v) is 2.95. The molecule has 1 fully saturated rings. The lowest BCUT2D eigenvalue weighted by atomic mass is 9.90. The molecule has 0 heterocycles. The Bertz CT molecular complexity index is 387. The molecule has 94 valence electrons. The molecule has 2 unspecified atom stereocenters. The Morgan fingerprint density at radius 1 is 1.24 bits per heavy atom. The van der Waals surface area contributed by atoms with Crippen molar-refractivity contribution in [1.82, 2.24) is 0 Å². The minimum atomic E-state index is 0.391. The molecule has 1 aliphatic rings. The first-order chi connectivity index (χ1) is 8.08. The van der Waals surface area contributed by atoms with Crippen LogP contribution in [-0.4, -0.2) is 19.1 Å².